The van der Waals surface area contributed by atoms with Gasteiger partial charge in [-0.1, -0.05) is 60.7 Å². The molecule has 20 heavy (non-hydrogen) atoms. The van der Waals surface area contributed by atoms with Crippen LogP contribution in [0.5, 0.6) is 0 Å². The van der Waals surface area contributed by atoms with Crippen LogP contribution in [0.25, 0.3) is 0 Å². The van der Waals surface area contributed by atoms with Crippen LogP contribution < -0.4 is 0 Å². The van der Waals surface area contributed by atoms with Gasteiger partial charge in [-0.2, -0.15) is 0 Å². The summed E-state index contributed by atoms with van der Waals surface area (Å²) in [6.07, 6.45) is 0. The molecule has 0 radical (unpaired) electrons. The third-order valence-corrected chi connectivity index (χ3v) is 2.07. The fraction of sp³-hybridized carbons (Fsp3) is 0.0667. The summed E-state index contributed by atoms with van der Waals surface area (Å²) in [6.45, 7) is 1.08. The van der Waals surface area contributed by atoms with E-state index in [9.17, 15) is 4.79 Å². The summed E-state index contributed by atoms with van der Waals surface area (Å²) in [5.74, 6) is -0.758. The fourth-order valence-electron chi connectivity index (χ4n) is 1.35. The number of ketones is 1. The average Bonchev–Trinajstić information content (AvgIpc) is 2.39. The Kier molecular flexibility index (Phi) is 11.3. The number of hydrogen-bond donors (Lipinski definition) is 1. The Balaban J connectivity index is 0. The van der Waals surface area contributed by atoms with Gasteiger partial charge in [0.2, 0.25) is 0 Å². The van der Waals surface area contributed by atoms with Crippen LogP contribution in [0.1, 0.15) is 22.8 Å². The van der Waals surface area contributed by atoms with Crippen molar-refractivity contribution >= 4 is 11.8 Å². The maximum absolute atomic E-state index is 11.8. The summed E-state index contributed by atoms with van der Waals surface area (Å²) >= 11 is 0. The van der Waals surface area contributed by atoms with Gasteiger partial charge in [-0.25, -0.2) is 0 Å². The number of carbonyl (C=O) groups is 2. The summed E-state index contributed by atoms with van der Waals surface area (Å²) in [7, 11) is 0. The molecule has 0 aromatic heterocycles. The smallest absolute Gasteiger partial charge is 0.300 e. The van der Waals surface area contributed by atoms with E-state index < -0.39 is 5.97 Å². The van der Waals surface area contributed by atoms with Crippen LogP contribution in [-0.2, 0) is 24.3 Å². The summed E-state index contributed by atoms with van der Waals surface area (Å²) in [5, 5.41) is 7.42. The number of rotatable bonds is 2. The number of carbonyl (C=O) groups excluding carboxylic acids is 1. The van der Waals surface area contributed by atoms with E-state index in [2.05, 4.69) is 0 Å². The van der Waals surface area contributed by atoms with Gasteiger partial charge in [0, 0.05) is 37.5 Å². The zero-order valence-electron chi connectivity index (χ0n) is 11.2. The van der Waals surface area contributed by atoms with Crippen LogP contribution >= 0.6 is 0 Å². The van der Waals surface area contributed by atoms with Crippen molar-refractivity contribution in [3.05, 3.63) is 71.8 Å². The molecule has 2 aromatic rings. The molecule has 0 unspecified atom stereocenters. The van der Waals surface area contributed by atoms with Crippen LogP contribution in [0.4, 0.5) is 0 Å². The van der Waals surface area contributed by atoms with Crippen molar-refractivity contribution in [3.63, 3.8) is 0 Å². The topological polar surface area (TPSA) is 85.9 Å². The molecule has 0 saturated carbocycles. The van der Waals surface area contributed by atoms with Gasteiger partial charge in [0.25, 0.3) is 5.97 Å². The molecule has 2 aromatic carbocycles. The first kappa shape index (κ1) is 20.5. The first-order chi connectivity index (χ1) is 8.61. The second-order valence-electron chi connectivity index (χ2n) is 3.58. The van der Waals surface area contributed by atoms with Gasteiger partial charge in [-0.3, -0.25) is 9.59 Å². The Morgan fingerprint density at radius 2 is 1.05 bits per heavy atom. The Bertz CT molecular complexity index is 466. The van der Waals surface area contributed by atoms with E-state index in [1.807, 2.05) is 60.7 Å². The van der Waals surface area contributed by atoms with Gasteiger partial charge in [0.1, 0.15) is 0 Å². The van der Waals surface area contributed by atoms with Gasteiger partial charge < -0.3 is 10.6 Å². The van der Waals surface area contributed by atoms with Gasteiger partial charge >= 0.3 is 0 Å². The van der Waals surface area contributed by atoms with Crippen molar-refractivity contribution in [2.75, 3.05) is 0 Å². The van der Waals surface area contributed by atoms with Gasteiger partial charge in [0.15, 0.2) is 5.78 Å². The quantitative estimate of drug-likeness (QED) is 0.678. The van der Waals surface area contributed by atoms with E-state index >= 15 is 0 Å². The van der Waals surface area contributed by atoms with E-state index in [0.717, 1.165) is 18.1 Å². The van der Waals surface area contributed by atoms with Crippen LogP contribution in [0.3, 0.4) is 0 Å². The zero-order valence-corrected chi connectivity index (χ0v) is 14.2. The Labute approximate surface area is 130 Å². The molecule has 2 rings (SSSR count). The molecule has 0 amide bonds. The van der Waals surface area contributed by atoms with Crippen LogP contribution in [0.2, 0.25) is 0 Å². The molecule has 4 nitrogen and oxygen atoms in total. The minimum Gasteiger partial charge on any atom is -0.481 e. The number of carboxylic acid groups (broad SMARTS) is 1. The molecule has 0 aliphatic rings. The van der Waals surface area contributed by atoms with Gasteiger partial charge in [-0.05, 0) is 0 Å². The molecule has 3 N–H and O–H groups in total. The monoisotopic (exact) mass is 324 g/mol. The number of hydrogen-bond acceptors (Lipinski definition) is 2. The molecular formula is C15H16O4Zn. The van der Waals surface area contributed by atoms with Gasteiger partial charge in [-0.15, -0.1) is 0 Å². The maximum Gasteiger partial charge on any atom is 0.300 e. The second-order valence-corrected chi connectivity index (χ2v) is 3.58. The van der Waals surface area contributed by atoms with Crippen LogP contribution in [-0.4, -0.2) is 22.3 Å². The molecule has 102 valence electrons. The predicted molar refractivity (Wildman–Crippen MR) is 73.2 cm³/mol. The van der Waals surface area contributed by atoms with Crippen LogP contribution in [0.15, 0.2) is 60.7 Å². The number of carboxylic acids is 1. The summed E-state index contributed by atoms with van der Waals surface area (Å²) < 4.78 is 0. The Morgan fingerprint density at radius 1 is 0.800 bits per heavy atom. The van der Waals surface area contributed by atoms with E-state index in [1.54, 1.807) is 0 Å². The number of aliphatic carboxylic acids is 1. The summed E-state index contributed by atoms with van der Waals surface area (Å²) in [4.78, 5) is 20.8. The molecule has 0 spiro atoms. The standard InChI is InChI=1S/C13H10O.C2H4O2.H2O.Zn/c14-13(11-7-3-1-4-8-11)12-9-5-2-6-10-12;1-2(3)4;;/h1-10H;1H3,(H,3,4);1H2;. The van der Waals surface area contributed by atoms with Crippen molar-refractivity contribution in [1.82, 2.24) is 0 Å². The normalized spacial score (nSPS) is 8.05. The number of benzene rings is 2. The molecule has 0 fully saturated rings. The SMILES string of the molecule is CC(=O)O.O.O=C(c1ccccc1)c1ccccc1.[Zn]. The first-order valence-corrected chi connectivity index (χ1v) is 5.45. The molecular weight excluding hydrogens is 310 g/mol. The maximum atomic E-state index is 11.8. The summed E-state index contributed by atoms with van der Waals surface area (Å²) in [5.41, 5.74) is 1.47. The molecule has 0 heterocycles. The molecule has 5 heteroatoms. The molecule has 0 saturated heterocycles. The third kappa shape index (κ3) is 7.57. The van der Waals surface area contributed by atoms with Crippen molar-refractivity contribution in [3.8, 4) is 0 Å². The van der Waals surface area contributed by atoms with Crippen LogP contribution in [0, 0.1) is 0 Å². The molecule has 0 aliphatic heterocycles. The molecule has 0 atom stereocenters. The first-order valence-electron chi connectivity index (χ1n) is 5.45. The largest absolute Gasteiger partial charge is 0.481 e. The van der Waals surface area contributed by atoms with E-state index in [-0.39, 0.29) is 30.7 Å². The van der Waals surface area contributed by atoms with Crippen molar-refractivity contribution in [2.45, 2.75) is 6.92 Å². The third-order valence-electron chi connectivity index (χ3n) is 2.07. The minimum absolute atomic E-state index is 0. The van der Waals surface area contributed by atoms with E-state index in [4.69, 9.17) is 9.90 Å². The fourth-order valence-corrected chi connectivity index (χ4v) is 1.35. The summed E-state index contributed by atoms with van der Waals surface area (Å²) in [6, 6.07) is 18.6. The Morgan fingerprint density at radius 3 is 1.30 bits per heavy atom. The van der Waals surface area contributed by atoms with Crippen molar-refractivity contribution < 1.29 is 39.6 Å². The zero-order chi connectivity index (χ0) is 13.4. The average molecular weight is 326 g/mol. The van der Waals surface area contributed by atoms with Crippen molar-refractivity contribution in [1.29, 1.82) is 0 Å². The predicted octanol–water partition coefficient (Wildman–Crippen LogP) is 2.18. The minimum atomic E-state index is -0.833. The molecule has 0 bridgehead atoms. The van der Waals surface area contributed by atoms with E-state index in [1.165, 1.54) is 0 Å². The Hall–Kier alpha value is -1.84. The second kappa shape index (κ2) is 11.0. The molecule has 0 aliphatic carbocycles. The van der Waals surface area contributed by atoms with Crippen molar-refractivity contribution in [2.24, 2.45) is 0 Å². The van der Waals surface area contributed by atoms with Gasteiger partial charge in [0.05, 0.1) is 0 Å². The van der Waals surface area contributed by atoms with E-state index in [0.29, 0.717) is 0 Å².